The lowest BCUT2D eigenvalue weighted by molar-refractivity contribution is -0.119. The lowest BCUT2D eigenvalue weighted by Gasteiger charge is -2.35. The zero-order valence-corrected chi connectivity index (χ0v) is 14.8. The van der Waals surface area contributed by atoms with Crippen LogP contribution in [0.4, 0.5) is 0 Å². The van der Waals surface area contributed by atoms with E-state index in [-0.39, 0.29) is 5.78 Å². The van der Waals surface area contributed by atoms with Gasteiger partial charge in [0.25, 0.3) is 0 Å². The summed E-state index contributed by atoms with van der Waals surface area (Å²) in [6.45, 7) is 0. The summed E-state index contributed by atoms with van der Waals surface area (Å²) in [4.78, 5) is 14.5. The van der Waals surface area contributed by atoms with Crippen LogP contribution in [0.5, 0.6) is 0 Å². The van der Waals surface area contributed by atoms with Gasteiger partial charge < -0.3 is 0 Å². The second-order valence-electron chi connectivity index (χ2n) is 6.50. The van der Waals surface area contributed by atoms with Gasteiger partial charge in [-0.15, -0.1) is 11.8 Å². The summed E-state index contributed by atoms with van der Waals surface area (Å²) in [6.07, 6.45) is 12.1. The molecule has 2 aromatic carbocycles. The van der Waals surface area contributed by atoms with E-state index in [0.717, 1.165) is 24.0 Å². The molecule has 25 heavy (non-hydrogen) atoms. The van der Waals surface area contributed by atoms with Crippen LogP contribution in [-0.2, 0) is 10.2 Å². The lowest BCUT2D eigenvalue weighted by atomic mass is 9.66. The maximum atomic E-state index is 13.2. The van der Waals surface area contributed by atoms with Crippen molar-refractivity contribution in [1.82, 2.24) is 0 Å². The molecule has 0 fully saturated rings. The fourth-order valence-corrected chi connectivity index (χ4v) is 4.40. The molecule has 0 saturated heterocycles. The molecular weight excluding hydrogens is 324 g/mol. The van der Waals surface area contributed by atoms with Gasteiger partial charge in [-0.2, -0.15) is 0 Å². The highest BCUT2D eigenvalue weighted by molar-refractivity contribution is 8.00. The van der Waals surface area contributed by atoms with Crippen molar-refractivity contribution >= 4 is 17.5 Å². The number of carbonyl (C=O) groups is 1. The molecule has 124 valence electrons. The summed E-state index contributed by atoms with van der Waals surface area (Å²) in [5.74, 6) is 0.223. The van der Waals surface area contributed by atoms with E-state index in [0.29, 0.717) is 5.25 Å². The topological polar surface area (TPSA) is 17.1 Å². The Bertz CT molecular complexity index is 848. The smallest absolute Gasteiger partial charge is 0.177 e. The predicted octanol–water partition coefficient (Wildman–Crippen LogP) is 5.50. The standard InChI is InChI=1S/C23H20OS/c24-22(23(16-7-17-23)19-8-3-1-4-9-19)18-12-14-21(15-13-18)25-20-10-5-2-6-11-20/h1-14,16,21H,15,17H2/t21?,23-/m1/s1. The molecule has 0 N–H and O–H groups in total. The second-order valence-corrected chi connectivity index (χ2v) is 7.81. The van der Waals surface area contributed by atoms with E-state index in [4.69, 9.17) is 0 Å². The minimum Gasteiger partial charge on any atom is -0.293 e. The number of carbonyl (C=O) groups excluding carboxylic acids is 1. The van der Waals surface area contributed by atoms with E-state index >= 15 is 0 Å². The molecule has 0 radical (unpaired) electrons. The summed E-state index contributed by atoms with van der Waals surface area (Å²) < 4.78 is 0. The van der Waals surface area contributed by atoms with Gasteiger partial charge in [-0.05, 0) is 30.5 Å². The van der Waals surface area contributed by atoms with Crippen molar-refractivity contribution in [3.8, 4) is 0 Å². The summed E-state index contributed by atoms with van der Waals surface area (Å²) in [5.41, 5.74) is 1.48. The van der Waals surface area contributed by atoms with Crippen molar-refractivity contribution in [2.24, 2.45) is 0 Å². The molecule has 0 bridgehead atoms. The highest BCUT2D eigenvalue weighted by atomic mass is 32.2. The van der Waals surface area contributed by atoms with Gasteiger partial charge in [-0.1, -0.05) is 78.9 Å². The van der Waals surface area contributed by atoms with Gasteiger partial charge in [0.15, 0.2) is 5.78 Å². The number of Topliss-reactive ketones (excluding diaryl/α,β-unsaturated/α-hetero) is 1. The van der Waals surface area contributed by atoms with E-state index in [1.807, 2.05) is 42.1 Å². The van der Waals surface area contributed by atoms with Crippen LogP contribution in [0, 0.1) is 0 Å². The van der Waals surface area contributed by atoms with Crippen LogP contribution in [0.1, 0.15) is 18.4 Å². The number of hydrogen-bond acceptors (Lipinski definition) is 2. The van der Waals surface area contributed by atoms with Crippen molar-refractivity contribution in [2.45, 2.75) is 28.4 Å². The Morgan fingerprint density at radius 1 is 1.00 bits per heavy atom. The van der Waals surface area contributed by atoms with E-state index < -0.39 is 5.41 Å². The third-order valence-electron chi connectivity index (χ3n) is 4.89. The number of allylic oxidation sites excluding steroid dienone is 5. The molecule has 2 aliphatic carbocycles. The quantitative estimate of drug-likeness (QED) is 0.666. The molecule has 1 unspecified atom stereocenters. The van der Waals surface area contributed by atoms with Crippen molar-refractivity contribution in [2.75, 3.05) is 0 Å². The third-order valence-corrected chi connectivity index (χ3v) is 6.09. The van der Waals surface area contributed by atoms with E-state index in [1.165, 1.54) is 4.90 Å². The van der Waals surface area contributed by atoms with Crippen LogP contribution in [0.2, 0.25) is 0 Å². The maximum Gasteiger partial charge on any atom is 0.177 e. The summed E-state index contributed by atoms with van der Waals surface area (Å²) >= 11 is 1.85. The lowest BCUT2D eigenvalue weighted by Crippen LogP contribution is -2.39. The van der Waals surface area contributed by atoms with Gasteiger partial charge >= 0.3 is 0 Å². The Labute approximate surface area is 153 Å². The highest BCUT2D eigenvalue weighted by Crippen LogP contribution is 2.41. The van der Waals surface area contributed by atoms with E-state index in [2.05, 4.69) is 60.7 Å². The number of rotatable bonds is 5. The van der Waals surface area contributed by atoms with Crippen molar-refractivity contribution < 1.29 is 4.79 Å². The zero-order valence-electron chi connectivity index (χ0n) is 14.0. The zero-order chi connectivity index (χ0) is 17.1. The van der Waals surface area contributed by atoms with Crippen molar-refractivity contribution in [1.29, 1.82) is 0 Å². The molecule has 4 rings (SSSR count). The molecule has 0 heterocycles. The number of benzene rings is 2. The minimum atomic E-state index is -0.461. The molecule has 0 aliphatic heterocycles. The van der Waals surface area contributed by atoms with Crippen molar-refractivity contribution in [3.63, 3.8) is 0 Å². The first-order valence-corrected chi connectivity index (χ1v) is 9.54. The first-order valence-electron chi connectivity index (χ1n) is 8.66. The van der Waals surface area contributed by atoms with Gasteiger partial charge in [-0.3, -0.25) is 4.79 Å². The highest BCUT2D eigenvalue weighted by Gasteiger charge is 2.42. The Morgan fingerprint density at radius 2 is 1.68 bits per heavy atom. The SMILES string of the molecule is O=C(C1=CCC(Sc2ccccc2)C=C1)[C@]1(c2ccccc2)C=CC1. The third kappa shape index (κ3) is 3.14. The summed E-state index contributed by atoms with van der Waals surface area (Å²) in [5, 5.41) is 0.392. The molecule has 2 atom stereocenters. The fraction of sp³-hybridized carbons (Fsp3) is 0.174. The predicted molar refractivity (Wildman–Crippen MR) is 105 cm³/mol. The van der Waals surface area contributed by atoms with Crippen LogP contribution >= 0.6 is 11.8 Å². The molecular formula is C23H20OS. The Balaban J connectivity index is 1.49. The molecule has 0 aromatic heterocycles. The summed E-state index contributed by atoms with van der Waals surface area (Å²) in [7, 11) is 0. The van der Waals surface area contributed by atoms with Crippen molar-refractivity contribution in [3.05, 3.63) is 102 Å². The Kier molecular flexibility index (Phi) is 4.46. The summed E-state index contributed by atoms with van der Waals surface area (Å²) in [6, 6.07) is 20.5. The molecule has 2 aromatic rings. The van der Waals surface area contributed by atoms with E-state index in [9.17, 15) is 4.79 Å². The monoisotopic (exact) mass is 344 g/mol. The Morgan fingerprint density at radius 3 is 2.24 bits per heavy atom. The number of thioether (sulfide) groups is 1. The largest absolute Gasteiger partial charge is 0.293 e. The van der Waals surface area contributed by atoms with Gasteiger partial charge in [-0.25, -0.2) is 0 Å². The molecule has 2 aliphatic rings. The first-order chi connectivity index (χ1) is 12.3. The second kappa shape index (κ2) is 6.89. The van der Waals surface area contributed by atoms with Crippen LogP contribution in [0.3, 0.4) is 0 Å². The Hall–Kier alpha value is -2.32. The molecule has 1 nitrogen and oxygen atoms in total. The van der Waals surface area contributed by atoms with E-state index in [1.54, 1.807) is 0 Å². The number of ketones is 1. The molecule has 0 saturated carbocycles. The minimum absolute atomic E-state index is 0.223. The van der Waals surface area contributed by atoms with Crippen LogP contribution in [0.25, 0.3) is 0 Å². The van der Waals surface area contributed by atoms with Crippen LogP contribution < -0.4 is 0 Å². The van der Waals surface area contributed by atoms with Crippen LogP contribution in [-0.4, -0.2) is 11.0 Å². The molecule has 2 heteroatoms. The molecule has 0 spiro atoms. The van der Waals surface area contributed by atoms with Gasteiger partial charge in [0, 0.05) is 15.7 Å². The first kappa shape index (κ1) is 16.2. The molecule has 0 amide bonds. The normalized spacial score (nSPS) is 24.5. The average molecular weight is 344 g/mol. The van der Waals surface area contributed by atoms with Gasteiger partial charge in [0.1, 0.15) is 0 Å². The van der Waals surface area contributed by atoms with Gasteiger partial charge in [0.2, 0.25) is 0 Å². The number of hydrogen-bond donors (Lipinski definition) is 0. The average Bonchev–Trinajstić information content (AvgIpc) is 2.63. The fourth-order valence-electron chi connectivity index (χ4n) is 3.39. The maximum absolute atomic E-state index is 13.2. The van der Waals surface area contributed by atoms with Crippen LogP contribution in [0.15, 0.2) is 102 Å². The van der Waals surface area contributed by atoms with Gasteiger partial charge in [0.05, 0.1) is 5.41 Å².